The number of pyridine rings is 1. The van der Waals surface area contributed by atoms with Gasteiger partial charge in [0.1, 0.15) is 5.75 Å². The number of para-hydroxylation sites is 1. The van der Waals surface area contributed by atoms with Gasteiger partial charge in [-0.05, 0) is 43.5 Å². The van der Waals surface area contributed by atoms with Crippen molar-refractivity contribution in [2.75, 3.05) is 6.61 Å². The topological polar surface area (TPSA) is 42.4 Å². The van der Waals surface area contributed by atoms with Gasteiger partial charge in [-0.25, -0.2) is 0 Å². The Labute approximate surface area is 165 Å². The number of carbonyl (C=O) groups excluding carboxylic acids is 1. The molecule has 0 saturated heterocycles. The quantitative estimate of drug-likeness (QED) is 0.594. The van der Waals surface area contributed by atoms with Crippen LogP contribution in [0.5, 0.6) is 5.75 Å². The molecule has 0 spiro atoms. The number of carbonyl (C=O) groups is 1. The van der Waals surface area contributed by atoms with Crippen LogP contribution < -0.4 is 4.74 Å². The van der Waals surface area contributed by atoms with Crippen LogP contribution in [-0.2, 0) is 4.79 Å². The molecule has 0 radical (unpaired) electrons. The van der Waals surface area contributed by atoms with E-state index in [-0.39, 0.29) is 24.6 Å². The van der Waals surface area contributed by atoms with Gasteiger partial charge >= 0.3 is 0 Å². The van der Waals surface area contributed by atoms with Crippen LogP contribution in [0.2, 0.25) is 0 Å². The Morgan fingerprint density at radius 3 is 2.46 bits per heavy atom. The van der Waals surface area contributed by atoms with Crippen molar-refractivity contribution in [1.29, 1.82) is 0 Å². The van der Waals surface area contributed by atoms with Crippen molar-refractivity contribution in [3.8, 4) is 16.9 Å². The zero-order valence-corrected chi connectivity index (χ0v) is 16.0. The first-order valence-corrected chi connectivity index (χ1v) is 9.73. The van der Waals surface area contributed by atoms with E-state index in [1.807, 2.05) is 84.6 Å². The van der Waals surface area contributed by atoms with Crippen molar-refractivity contribution in [3.63, 3.8) is 0 Å². The van der Waals surface area contributed by atoms with E-state index < -0.39 is 0 Å². The summed E-state index contributed by atoms with van der Waals surface area (Å²) in [5.41, 5.74) is 2.98. The minimum absolute atomic E-state index is 0.00326. The fourth-order valence-electron chi connectivity index (χ4n) is 3.52. The van der Waals surface area contributed by atoms with Crippen LogP contribution in [0.15, 0.2) is 79.0 Å². The molecule has 1 atom stereocenters. The molecule has 4 heteroatoms. The Kier molecular flexibility index (Phi) is 5.38. The normalized spacial score (nSPS) is 14.3. The van der Waals surface area contributed by atoms with E-state index >= 15 is 0 Å². The van der Waals surface area contributed by atoms with Crippen molar-refractivity contribution in [1.82, 2.24) is 9.88 Å². The summed E-state index contributed by atoms with van der Waals surface area (Å²) in [5.74, 6) is 0.729. The predicted molar refractivity (Wildman–Crippen MR) is 110 cm³/mol. The Morgan fingerprint density at radius 2 is 1.75 bits per heavy atom. The molecule has 0 unspecified atom stereocenters. The molecule has 142 valence electrons. The van der Waals surface area contributed by atoms with Gasteiger partial charge in [-0.1, -0.05) is 54.6 Å². The number of nitrogens with zero attached hydrogens (tertiary/aromatic N) is 2. The van der Waals surface area contributed by atoms with Crippen molar-refractivity contribution >= 4 is 5.91 Å². The summed E-state index contributed by atoms with van der Waals surface area (Å²) in [7, 11) is 0. The molecule has 1 amide bonds. The molecule has 4 nitrogen and oxygen atoms in total. The average Bonchev–Trinajstić information content (AvgIpc) is 3.59. The maximum atomic E-state index is 13.0. The highest BCUT2D eigenvalue weighted by Crippen LogP contribution is 2.34. The average molecular weight is 372 g/mol. The molecular weight excluding hydrogens is 348 g/mol. The Bertz CT molecular complexity index is 924. The third-order valence-corrected chi connectivity index (χ3v) is 5.08. The number of hydrogen-bond donors (Lipinski definition) is 0. The number of hydrogen-bond acceptors (Lipinski definition) is 3. The minimum atomic E-state index is -0.0610. The molecule has 0 aliphatic heterocycles. The second-order valence-electron chi connectivity index (χ2n) is 7.11. The molecule has 1 fully saturated rings. The van der Waals surface area contributed by atoms with Crippen molar-refractivity contribution < 1.29 is 9.53 Å². The number of ether oxygens (including phenoxy) is 1. The van der Waals surface area contributed by atoms with Crippen LogP contribution in [0, 0.1) is 0 Å². The fraction of sp³-hybridized carbons (Fsp3) is 0.250. The molecule has 0 bridgehead atoms. The van der Waals surface area contributed by atoms with E-state index in [2.05, 4.69) is 4.98 Å². The molecular formula is C24H24N2O2. The summed E-state index contributed by atoms with van der Waals surface area (Å²) < 4.78 is 5.99. The lowest BCUT2D eigenvalue weighted by molar-refractivity contribution is -0.136. The highest BCUT2D eigenvalue weighted by atomic mass is 16.5. The van der Waals surface area contributed by atoms with Gasteiger partial charge in [0.25, 0.3) is 5.91 Å². The first-order chi connectivity index (χ1) is 13.7. The van der Waals surface area contributed by atoms with Crippen LogP contribution in [0.25, 0.3) is 11.1 Å². The molecule has 1 aliphatic rings. The van der Waals surface area contributed by atoms with Gasteiger partial charge in [0, 0.05) is 17.8 Å². The Hall–Kier alpha value is -3.14. The first-order valence-electron chi connectivity index (χ1n) is 9.73. The van der Waals surface area contributed by atoms with Crippen LogP contribution in [0.1, 0.15) is 31.5 Å². The maximum Gasteiger partial charge on any atom is 0.261 e. The van der Waals surface area contributed by atoms with Crippen LogP contribution in [0.4, 0.5) is 0 Å². The smallest absolute Gasteiger partial charge is 0.261 e. The SMILES string of the molecule is C[C@H](c1ccccn1)N(C(=O)COc1ccccc1-c1ccccc1)C1CC1. The zero-order chi connectivity index (χ0) is 19.3. The van der Waals surface area contributed by atoms with Crippen molar-refractivity contribution in [2.45, 2.75) is 31.8 Å². The van der Waals surface area contributed by atoms with E-state index in [1.54, 1.807) is 6.20 Å². The van der Waals surface area contributed by atoms with E-state index in [4.69, 9.17) is 4.74 Å². The molecule has 1 aromatic heterocycles. The summed E-state index contributed by atoms with van der Waals surface area (Å²) in [6.07, 6.45) is 3.86. The largest absolute Gasteiger partial charge is 0.483 e. The van der Waals surface area contributed by atoms with E-state index in [1.165, 1.54) is 0 Å². The van der Waals surface area contributed by atoms with Crippen molar-refractivity contribution in [2.24, 2.45) is 0 Å². The summed E-state index contributed by atoms with van der Waals surface area (Å²) in [5, 5.41) is 0. The number of rotatable bonds is 7. The molecule has 3 aromatic rings. The van der Waals surface area contributed by atoms with Crippen LogP contribution in [-0.4, -0.2) is 28.4 Å². The fourth-order valence-corrected chi connectivity index (χ4v) is 3.52. The summed E-state index contributed by atoms with van der Waals surface area (Å²) in [6, 6.07) is 24.0. The molecule has 0 N–H and O–H groups in total. The van der Waals surface area contributed by atoms with Gasteiger partial charge in [0.05, 0.1) is 11.7 Å². The standard InChI is InChI=1S/C24H24N2O2/c1-18(22-12-7-8-16-25-22)26(20-14-15-20)24(27)17-28-23-13-6-5-11-21(23)19-9-3-2-4-10-19/h2-13,16,18,20H,14-15,17H2,1H3/t18-/m1/s1. The molecule has 1 saturated carbocycles. The summed E-state index contributed by atoms with van der Waals surface area (Å²) in [4.78, 5) is 19.4. The highest BCUT2D eigenvalue weighted by Gasteiger charge is 2.36. The minimum Gasteiger partial charge on any atom is -0.483 e. The monoisotopic (exact) mass is 372 g/mol. The van der Waals surface area contributed by atoms with Gasteiger partial charge in [0.15, 0.2) is 6.61 Å². The molecule has 4 rings (SSSR count). The van der Waals surface area contributed by atoms with E-state index in [0.717, 1.165) is 35.4 Å². The molecule has 28 heavy (non-hydrogen) atoms. The predicted octanol–water partition coefficient (Wildman–Crippen LogP) is 4.88. The van der Waals surface area contributed by atoms with Crippen LogP contribution in [0.3, 0.4) is 0 Å². The van der Waals surface area contributed by atoms with Crippen LogP contribution >= 0.6 is 0 Å². The number of aromatic nitrogens is 1. The van der Waals surface area contributed by atoms with Gasteiger partial charge in [-0.15, -0.1) is 0 Å². The number of benzene rings is 2. The molecule has 1 heterocycles. The third-order valence-electron chi connectivity index (χ3n) is 5.08. The first kappa shape index (κ1) is 18.2. The second-order valence-corrected chi connectivity index (χ2v) is 7.11. The van der Waals surface area contributed by atoms with Gasteiger partial charge < -0.3 is 9.64 Å². The van der Waals surface area contributed by atoms with Gasteiger partial charge in [-0.3, -0.25) is 9.78 Å². The lowest BCUT2D eigenvalue weighted by atomic mass is 10.1. The van der Waals surface area contributed by atoms with E-state index in [9.17, 15) is 4.79 Å². The Morgan fingerprint density at radius 1 is 1.04 bits per heavy atom. The molecule has 1 aliphatic carbocycles. The highest BCUT2D eigenvalue weighted by molar-refractivity contribution is 5.79. The van der Waals surface area contributed by atoms with E-state index in [0.29, 0.717) is 0 Å². The van der Waals surface area contributed by atoms with Gasteiger partial charge in [0.2, 0.25) is 0 Å². The van der Waals surface area contributed by atoms with Gasteiger partial charge in [-0.2, -0.15) is 0 Å². The Balaban J connectivity index is 1.49. The zero-order valence-electron chi connectivity index (χ0n) is 16.0. The number of amides is 1. The third kappa shape index (κ3) is 4.06. The lowest BCUT2D eigenvalue weighted by Gasteiger charge is -2.29. The molecule has 2 aromatic carbocycles. The second kappa shape index (κ2) is 8.26. The summed E-state index contributed by atoms with van der Waals surface area (Å²) >= 11 is 0. The summed E-state index contributed by atoms with van der Waals surface area (Å²) in [6.45, 7) is 2.06. The maximum absolute atomic E-state index is 13.0. The lowest BCUT2D eigenvalue weighted by Crippen LogP contribution is -2.39. The van der Waals surface area contributed by atoms with Crippen molar-refractivity contribution in [3.05, 3.63) is 84.7 Å².